The van der Waals surface area contributed by atoms with Crippen LogP contribution in [-0.4, -0.2) is 5.91 Å². The lowest BCUT2D eigenvalue weighted by molar-refractivity contribution is -0.117. The first kappa shape index (κ1) is 15.3. The molecule has 2 aromatic rings. The summed E-state index contributed by atoms with van der Waals surface area (Å²) in [5.74, 6) is 1.11. The number of amides is 1. The van der Waals surface area contributed by atoms with Crippen molar-refractivity contribution >= 4 is 11.6 Å². The predicted molar refractivity (Wildman–Crippen MR) is 90.9 cm³/mol. The van der Waals surface area contributed by atoms with Crippen LogP contribution >= 0.6 is 0 Å². The van der Waals surface area contributed by atoms with Crippen LogP contribution in [0.4, 0.5) is 5.69 Å². The fraction of sp³-hybridized carbons (Fsp3) is 0.300. The third kappa shape index (κ3) is 3.98. The standard InChI is InChI=1S/C20H20N2O/c21-14-15-7-10-19(11-8-15)22-20(23)13-16-6-9-18(12-16)17-4-2-1-3-5-17/h1-5,7-8,10-11,16,18H,6,9,12-13H2,(H,22,23)/t16-,18-/m1/s1. The fourth-order valence-corrected chi connectivity index (χ4v) is 3.39. The Balaban J connectivity index is 1.51. The Labute approximate surface area is 137 Å². The van der Waals surface area contributed by atoms with Gasteiger partial charge in [0.15, 0.2) is 0 Å². The molecule has 3 rings (SSSR count). The molecular formula is C20H20N2O. The molecule has 0 bridgehead atoms. The molecule has 0 aromatic heterocycles. The topological polar surface area (TPSA) is 52.9 Å². The highest BCUT2D eigenvalue weighted by atomic mass is 16.1. The highest BCUT2D eigenvalue weighted by Gasteiger charge is 2.27. The van der Waals surface area contributed by atoms with Crippen molar-refractivity contribution in [3.8, 4) is 6.07 Å². The second-order valence-corrected chi connectivity index (χ2v) is 6.23. The summed E-state index contributed by atoms with van der Waals surface area (Å²) < 4.78 is 0. The van der Waals surface area contributed by atoms with E-state index in [4.69, 9.17) is 5.26 Å². The summed E-state index contributed by atoms with van der Waals surface area (Å²) in [6.45, 7) is 0. The van der Waals surface area contributed by atoms with Gasteiger partial charge in [-0.25, -0.2) is 0 Å². The van der Waals surface area contributed by atoms with Crippen molar-refractivity contribution in [2.45, 2.75) is 31.6 Å². The molecular weight excluding hydrogens is 284 g/mol. The molecule has 1 amide bonds. The molecule has 1 N–H and O–H groups in total. The van der Waals surface area contributed by atoms with Gasteiger partial charge < -0.3 is 5.32 Å². The van der Waals surface area contributed by atoms with Crippen LogP contribution in [0.25, 0.3) is 0 Å². The normalized spacial score (nSPS) is 20.0. The van der Waals surface area contributed by atoms with Crippen LogP contribution in [-0.2, 0) is 4.79 Å². The summed E-state index contributed by atoms with van der Waals surface area (Å²) in [6, 6.07) is 19.6. The molecule has 2 atom stereocenters. The molecule has 0 unspecified atom stereocenters. The number of carbonyl (C=O) groups excluding carboxylic acids is 1. The first-order valence-corrected chi connectivity index (χ1v) is 8.09. The monoisotopic (exact) mass is 304 g/mol. The second kappa shape index (κ2) is 7.11. The Hall–Kier alpha value is -2.60. The van der Waals surface area contributed by atoms with Crippen molar-refractivity contribution in [2.24, 2.45) is 5.92 Å². The lowest BCUT2D eigenvalue weighted by Gasteiger charge is -2.12. The van der Waals surface area contributed by atoms with E-state index < -0.39 is 0 Å². The van der Waals surface area contributed by atoms with E-state index in [9.17, 15) is 4.79 Å². The van der Waals surface area contributed by atoms with Gasteiger partial charge in [0.25, 0.3) is 0 Å². The second-order valence-electron chi connectivity index (χ2n) is 6.23. The van der Waals surface area contributed by atoms with Crippen molar-refractivity contribution in [1.82, 2.24) is 0 Å². The molecule has 0 radical (unpaired) electrons. The number of benzene rings is 2. The number of anilines is 1. The number of nitrogens with one attached hydrogen (secondary N) is 1. The van der Waals surface area contributed by atoms with Gasteiger partial charge in [-0.05, 0) is 60.9 Å². The lowest BCUT2D eigenvalue weighted by Crippen LogP contribution is -2.15. The number of nitriles is 1. The minimum Gasteiger partial charge on any atom is -0.326 e. The van der Waals surface area contributed by atoms with Gasteiger partial charge in [0.1, 0.15) is 0 Å². The molecule has 23 heavy (non-hydrogen) atoms. The zero-order valence-electron chi connectivity index (χ0n) is 13.0. The summed E-state index contributed by atoms with van der Waals surface area (Å²) in [5, 5.41) is 11.7. The zero-order valence-corrected chi connectivity index (χ0v) is 13.0. The van der Waals surface area contributed by atoms with Crippen molar-refractivity contribution in [2.75, 3.05) is 5.32 Å². The van der Waals surface area contributed by atoms with Gasteiger partial charge in [0.2, 0.25) is 5.91 Å². The summed E-state index contributed by atoms with van der Waals surface area (Å²) >= 11 is 0. The number of rotatable bonds is 4. The van der Waals surface area contributed by atoms with E-state index in [1.54, 1.807) is 24.3 Å². The van der Waals surface area contributed by atoms with Gasteiger partial charge in [-0.15, -0.1) is 0 Å². The Morgan fingerprint density at radius 3 is 2.52 bits per heavy atom. The van der Waals surface area contributed by atoms with Crippen LogP contribution in [0.1, 0.15) is 42.7 Å². The molecule has 116 valence electrons. The maximum atomic E-state index is 12.2. The average Bonchev–Trinajstić information content (AvgIpc) is 3.04. The van der Waals surface area contributed by atoms with E-state index >= 15 is 0 Å². The third-order valence-corrected chi connectivity index (χ3v) is 4.58. The van der Waals surface area contributed by atoms with E-state index in [2.05, 4.69) is 35.7 Å². The van der Waals surface area contributed by atoms with E-state index in [0.717, 1.165) is 18.5 Å². The highest BCUT2D eigenvalue weighted by Crippen LogP contribution is 2.39. The smallest absolute Gasteiger partial charge is 0.224 e. The molecule has 0 heterocycles. The summed E-state index contributed by atoms with van der Waals surface area (Å²) in [6.07, 6.45) is 3.94. The van der Waals surface area contributed by atoms with Crippen molar-refractivity contribution in [3.63, 3.8) is 0 Å². The van der Waals surface area contributed by atoms with Gasteiger partial charge >= 0.3 is 0 Å². The van der Waals surface area contributed by atoms with Crippen LogP contribution < -0.4 is 5.32 Å². The van der Waals surface area contributed by atoms with Crippen LogP contribution in [0.2, 0.25) is 0 Å². The maximum absolute atomic E-state index is 12.2. The van der Waals surface area contributed by atoms with Crippen LogP contribution in [0.5, 0.6) is 0 Å². The number of hydrogen-bond acceptors (Lipinski definition) is 2. The largest absolute Gasteiger partial charge is 0.326 e. The Morgan fingerprint density at radius 2 is 1.83 bits per heavy atom. The van der Waals surface area contributed by atoms with E-state index in [1.807, 2.05) is 6.07 Å². The molecule has 0 spiro atoms. The van der Waals surface area contributed by atoms with Crippen LogP contribution in [0, 0.1) is 17.2 Å². The third-order valence-electron chi connectivity index (χ3n) is 4.58. The molecule has 0 saturated heterocycles. The van der Waals surface area contributed by atoms with Gasteiger partial charge in [-0.2, -0.15) is 5.26 Å². The van der Waals surface area contributed by atoms with Gasteiger partial charge in [0.05, 0.1) is 11.6 Å². The van der Waals surface area contributed by atoms with E-state index in [-0.39, 0.29) is 5.91 Å². The molecule has 3 nitrogen and oxygen atoms in total. The Morgan fingerprint density at radius 1 is 1.09 bits per heavy atom. The minimum atomic E-state index is 0.0634. The van der Waals surface area contributed by atoms with E-state index in [0.29, 0.717) is 23.8 Å². The lowest BCUT2D eigenvalue weighted by atomic mass is 9.95. The first-order chi connectivity index (χ1) is 11.2. The first-order valence-electron chi connectivity index (χ1n) is 8.09. The van der Waals surface area contributed by atoms with E-state index in [1.165, 1.54) is 12.0 Å². The summed E-state index contributed by atoms with van der Waals surface area (Å²) in [5.41, 5.74) is 2.75. The minimum absolute atomic E-state index is 0.0634. The maximum Gasteiger partial charge on any atom is 0.224 e. The zero-order chi connectivity index (χ0) is 16.1. The van der Waals surface area contributed by atoms with Crippen LogP contribution in [0.3, 0.4) is 0 Å². The fourth-order valence-electron chi connectivity index (χ4n) is 3.39. The average molecular weight is 304 g/mol. The van der Waals surface area contributed by atoms with Crippen molar-refractivity contribution in [1.29, 1.82) is 5.26 Å². The quantitative estimate of drug-likeness (QED) is 0.906. The Kier molecular flexibility index (Phi) is 4.73. The SMILES string of the molecule is N#Cc1ccc(NC(=O)C[C@@H]2CC[C@@H](c3ccccc3)C2)cc1. The summed E-state index contributed by atoms with van der Waals surface area (Å²) in [4.78, 5) is 12.2. The molecule has 1 aliphatic rings. The molecule has 1 aliphatic carbocycles. The molecule has 1 saturated carbocycles. The molecule has 3 heteroatoms. The number of hydrogen-bond donors (Lipinski definition) is 1. The van der Waals surface area contributed by atoms with Crippen molar-refractivity contribution in [3.05, 3.63) is 65.7 Å². The van der Waals surface area contributed by atoms with Gasteiger partial charge in [0, 0.05) is 12.1 Å². The molecule has 2 aromatic carbocycles. The van der Waals surface area contributed by atoms with Gasteiger partial charge in [-0.1, -0.05) is 30.3 Å². The summed E-state index contributed by atoms with van der Waals surface area (Å²) in [7, 11) is 0. The number of carbonyl (C=O) groups is 1. The molecule has 1 fully saturated rings. The highest BCUT2D eigenvalue weighted by molar-refractivity contribution is 5.90. The Bertz CT molecular complexity index is 701. The number of nitrogens with zero attached hydrogens (tertiary/aromatic N) is 1. The molecule has 0 aliphatic heterocycles. The van der Waals surface area contributed by atoms with Crippen LogP contribution in [0.15, 0.2) is 54.6 Å². The van der Waals surface area contributed by atoms with Gasteiger partial charge in [-0.3, -0.25) is 4.79 Å². The predicted octanol–water partition coefficient (Wildman–Crippen LogP) is 4.47. The van der Waals surface area contributed by atoms with Crippen molar-refractivity contribution < 1.29 is 4.79 Å².